The van der Waals surface area contributed by atoms with Crippen LogP contribution in [0.15, 0.2) is 65.8 Å². The molecule has 1 aliphatic rings. The lowest BCUT2D eigenvalue weighted by molar-refractivity contribution is -0.137. The third-order valence-corrected chi connectivity index (χ3v) is 4.67. The maximum absolute atomic E-state index is 12.7. The molecule has 0 amide bonds. The highest BCUT2D eigenvalue weighted by Gasteiger charge is 2.30. The molecule has 0 aliphatic heterocycles. The largest absolute Gasteiger partial charge is 0.466 e. The summed E-state index contributed by atoms with van der Waals surface area (Å²) >= 11 is 0. The summed E-state index contributed by atoms with van der Waals surface area (Å²) in [4.78, 5) is 23.3. The summed E-state index contributed by atoms with van der Waals surface area (Å²) in [6, 6.07) is 4.84. The van der Waals surface area contributed by atoms with Crippen molar-refractivity contribution in [1.82, 2.24) is 0 Å². The molecule has 0 bridgehead atoms. The van der Waals surface area contributed by atoms with E-state index in [1.54, 1.807) is 31.2 Å². The fourth-order valence-corrected chi connectivity index (χ4v) is 3.10. The zero-order valence-corrected chi connectivity index (χ0v) is 16.5. The van der Waals surface area contributed by atoms with Gasteiger partial charge in [0.15, 0.2) is 5.78 Å². The number of alkyl halides is 3. The molecule has 1 aromatic rings. The quantitative estimate of drug-likeness (QED) is 0.367. The van der Waals surface area contributed by atoms with Crippen molar-refractivity contribution < 1.29 is 27.5 Å². The van der Waals surface area contributed by atoms with Crippen LogP contribution >= 0.6 is 0 Å². The summed E-state index contributed by atoms with van der Waals surface area (Å²) in [6.07, 6.45) is 6.14. The summed E-state index contributed by atoms with van der Waals surface area (Å²) in [5.74, 6) is -0.436. The van der Waals surface area contributed by atoms with Crippen LogP contribution in [0.1, 0.15) is 31.4 Å². The molecule has 0 fully saturated rings. The molecule has 1 unspecified atom stereocenters. The van der Waals surface area contributed by atoms with Crippen molar-refractivity contribution in [2.45, 2.75) is 26.4 Å². The van der Waals surface area contributed by atoms with Gasteiger partial charge in [0.25, 0.3) is 0 Å². The number of carbonyl (C=O) groups is 2. The minimum absolute atomic E-state index is 0.0102. The maximum Gasteiger partial charge on any atom is 0.416 e. The fourth-order valence-electron chi connectivity index (χ4n) is 3.10. The summed E-state index contributed by atoms with van der Waals surface area (Å²) < 4.78 is 42.6. The summed E-state index contributed by atoms with van der Waals surface area (Å²) in [5.41, 5.74) is 1.39. The summed E-state index contributed by atoms with van der Waals surface area (Å²) in [7, 11) is 1.30. The molecule has 1 aliphatic carbocycles. The molecule has 6 heteroatoms. The predicted molar refractivity (Wildman–Crippen MR) is 106 cm³/mol. The highest BCUT2D eigenvalue weighted by atomic mass is 19.4. The van der Waals surface area contributed by atoms with Gasteiger partial charge < -0.3 is 4.74 Å². The third kappa shape index (κ3) is 6.59. The van der Waals surface area contributed by atoms with E-state index in [-0.39, 0.29) is 17.6 Å². The Kier molecular flexibility index (Phi) is 7.37. The first-order chi connectivity index (χ1) is 13.6. The maximum atomic E-state index is 12.7. The smallest absolute Gasteiger partial charge is 0.416 e. The van der Waals surface area contributed by atoms with E-state index in [1.165, 1.54) is 25.3 Å². The van der Waals surface area contributed by atoms with E-state index in [0.717, 1.165) is 17.7 Å². The lowest BCUT2D eigenvalue weighted by Gasteiger charge is -2.25. The van der Waals surface area contributed by atoms with Gasteiger partial charge in [-0.3, -0.25) is 4.79 Å². The zero-order chi connectivity index (χ0) is 21.6. The molecule has 3 nitrogen and oxygen atoms in total. The number of rotatable bonds is 5. The normalized spacial score (nSPS) is 21.0. The number of allylic oxidation sites excluding steroid dienone is 6. The number of ketones is 1. The lowest BCUT2D eigenvalue weighted by Crippen LogP contribution is -2.20. The van der Waals surface area contributed by atoms with Crippen molar-refractivity contribution in [1.29, 1.82) is 0 Å². The Morgan fingerprint density at radius 1 is 1.17 bits per heavy atom. The van der Waals surface area contributed by atoms with E-state index in [1.807, 2.05) is 13.0 Å². The van der Waals surface area contributed by atoms with E-state index >= 15 is 0 Å². The van der Waals surface area contributed by atoms with Gasteiger partial charge in [0.1, 0.15) is 0 Å². The molecule has 0 radical (unpaired) electrons. The molecule has 0 heterocycles. The van der Waals surface area contributed by atoms with Gasteiger partial charge in [0.05, 0.1) is 12.7 Å². The number of carbonyl (C=O) groups excluding carboxylic acids is 2. The van der Waals surface area contributed by atoms with Gasteiger partial charge in [0.2, 0.25) is 0 Å². The topological polar surface area (TPSA) is 43.4 Å². The van der Waals surface area contributed by atoms with E-state index in [4.69, 9.17) is 0 Å². The second kappa shape index (κ2) is 9.54. The standard InChI is InChI=1S/C23H23F3O3/c1-15(12-22(28)29-3)4-11-21-16(2)13-20(27)14-18(21)8-5-17-6-9-19(10-7-17)23(24,25)26/h4-12,14,16,21H,13H2,1-3H3/b8-5+,11-4+,15-12-/t16?,21-/m1/s1. The number of esters is 1. The number of benzene rings is 1. The van der Waals surface area contributed by atoms with Gasteiger partial charge in [0, 0.05) is 18.4 Å². The van der Waals surface area contributed by atoms with Crippen LogP contribution in [0.5, 0.6) is 0 Å². The first-order valence-electron chi connectivity index (χ1n) is 9.14. The molecule has 29 heavy (non-hydrogen) atoms. The van der Waals surface area contributed by atoms with Crippen LogP contribution in [0.3, 0.4) is 0 Å². The van der Waals surface area contributed by atoms with Gasteiger partial charge in [-0.25, -0.2) is 4.79 Å². The van der Waals surface area contributed by atoms with Crippen molar-refractivity contribution in [3.8, 4) is 0 Å². The molecule has 0 spiro atoms. The van der Waals surface area contributed by atoms with Crippen LogP contribution in [0, 0.1) is 11.8 Å². The first-order valence-corrected chi connectivity index (χ1v) is 9.14. The van der Waals surface area contributed by atoms with Crippen LogP contribution < -0.4 is 0 Å². The SMILES string of the molecule is COC(=O)/C=C(C)\C=C\[C@H]1C(/C=C/c2ccc(C(F)(F)F)cc2)=CC(=O)CC1C. The van der Waals surface area contributed by atoms with Gasteiger partial charge >= 0.3 is 12.1 Å². The van der Waals surface area contributed by atoms with E-state index in [9.17, 15) is 22.8 Å². The van der Waals surface area contributed by atoms with E-state index in [2.05, 4.69) is 4.74 Å². The zero-order valence-electron chi connectivity index (χ0n) is 16.5. The van der Waals surface area contributed by atoms with E-state index in [0.29, 0.717) is 17.6 Å². The average Bonchev–Trinajstić information content (AvgIpc) is 2.64. The summed E-state index contributed by atoms with van der Waals surface area (Å²) in [5, 5.41) is 0. The van der Waals surface area contributed by atoms with Crippen molar-refractivity contribution in [3.05, 3.63) is 76.9 Å². The Balaban J connectivity index is 2.23. The molecular formula is C23H23F3O3. The van der Waals surface area contributed by atoms with Crippen LogP contribution in [-0.2, 0) is 20.5 Å². The molecular weight excluding hydrogens is 381 g/mol. The predicted octanol–water partition coefficient (Wildman–Crippen LogP) is 5.55. The van der Waals surface area contributed by atoms with Crippen LogP contribution in [-0.4, -0.2) is 18.9 Å². The minimum atomic E-state index is -4.37. The first kappa shape index (κ1) is 22.4. The Morgan fingerprint density at radius 2 is 1.83 bits per heavy atom. The minimum Gasteiger partial charge on any atom is -0.466 e. The van der Waals surface area contributed by atoms with E-state index < -0.39 is 17.7 Å². The highest BCUT2D eigenvalue weighted by Crippen LogP contribution is 2.32. The number of ether oxygens (including phenoxy) is 1. The summed E-state index contributed by atoms with van der Waals surface area (Å²) in [6.45, 7) is 3.73. The molecule has 2 atom stereocenters. The Hall–Kier alpha value is -2.89. The lowest BCUT2D eigenvalue weighted by atomic mass is 9.78. The third-order valence-electron chi connectivity index (χ3n) is 4.67. The molecule has 0 aromatic heterocycles. The molecule has 1 aromatic carbocycles. The van der Waals surface area contributed by atoms with Crippen LogP contribution in [0.25, 0.3) is 6.08 Å². The van der Waals surface area contributed by atoms with Gasteiger partial charge in [-0.15, -0.1) is 0 Å². The van der Waals surface area contributed by atoms with Gasteiger partial charge in [-0.1, -0.05) is 43.4 Å². The van der Waals surface area contributed by atoms with Gasteiger partial charge in [-0.05, 0) is 47.8 Å². The number of methoxy groups -OCH3 is 1. The molecule has 154 valence electrons. The fraction of sp³-hybridized carbons (Fsp3) is 0.304. The molecule has 0 saturated carbocycles. The Morgan fingerprint density at radius 3 is 2.41 bits per heavy atom. The highest BCUT2D eigenvalue weighted by molar-refractivity contribution is 5.92. The second-order valence-corrected chi connectivity index (χ2v) is 7.04. The number of hydrogen-bond acceptors (Lipinski definition) is 3. The molecule has 2 rings (SSSR count). The molecule has 0 saturated heterocycles. The number of halogens is 3. The Bertz CT molecular complexity index is 872. The second-order valence-electron chi connectivity index (χ2n) is 7.04. The number of hydrogen-bond donors (Lipinski definition) is 0. The van der Waals surface area contributed by atoms with Crippen molar-refractivity contribution >= 4 is 17.8 Å². The molecule has 0 N–H and O–H groups in total. The van der Waals surface area contributed by atoms with Crippen molar-refractivity contribution in [3.63, 3.8) is 0 Å². The Labute approximate surface area is 168 Å². The average molecular weight is 404 g/mol. The van der Waals surface area contributed by atoms with Crippen LogP contribution in [0.2, 0.25) is 0 Å². The van der Waals surface area contributed by atoms with Crippen molar-refractivity contribution in [2.24, 2.45) is 11.8 Å². The van der Waals surface area contributed by atoms with Gasteiger partial charge in [-0.2, -0.15) is 13.2 Å². The monoisotopic (exact) mass is 404 g/mol. The van der Waals surface area contributed by atoms with Crippen molar-refractivity contribution in [2.75, 3.05) is 7.11 Å². The van der Waals surface area contributed by atoms with Crippen LogP contribution in [0.4, 0.5) is 13.2 Å².